The number of carboxylic acid groups (broad SMARTS) is 1. The molecular weight excluding hydrogens is 540 g/mol. The number of piperidine rings is 1. The highest BCUT2D eigenvalue weighted by atomic mass is 16.7. The van der Waals surface area contributed by atoms with E-state index in [-0.39, 0.29) is 25.2 Å². The first kappa shape index (κ1) is 31.9. The fraction of sp³-hybridized carbons (Fsp3) is 0.710. The number of carboxylic acids is 1. The fourth-order valence-electron chi connectivity index (χ4n) is 6.50. The van der Waals surface area contributed by atoms with E-state index in [1.807, 2.05) is 40.9 Å². The summed E-state index contributed by atoms with van der Waals surface area (Å²) in [6, 6.07) is 3.27. The summed E-state index contributed by atoms with van der Waals surface area (Å²) in [5.41, 5.74) is 0.784. The van der Waals surface area contributed by atoms with Gasteiger partial charge in [-0.3, -0.25) is 19.3 Å². The van der Waals surface area contributed by atoms with Gasteiger partial charge >= 0.3 is 5.97 Å². The van der Waals surface area contributed by atoms with Crippen molar-refractivity contribution in [3.8, 4) is 17.2 Å². The van der Waals surface area contributed by atoms with Gasteiger partial charge in [-0.2, -0.15) is 0 Å². The van der Waals surface area contributed by atoms with Gasteiger partial charge in [-0.1, -0.05) is 13.3 Å². The second-order valence-electron chi connectivity index (χ2n) is 11.9. The average molecular weight is 589 g/mol. The fourth-order valence-corrected chi connectivity index (χ4v) is 6.50. The van der Waals surface area contributed by atoms with Crippen molar-refractivity contribution in [3.05, 3.63) is 17.7 Å². The van der Waals surface area contributed by atoms with Crippen molar-refractivity contribution in [2.45, 2.75) is 63.8 Å². The lowest BCUT2D eigenvalue weighted by molar-refractivity contribution is -0.144. The van der Waals surface area contributed by atoms with E-state index in [9.17, 15) is 19.5 Å². The molecule has 3 aliphatic heterocycles. The molecule has 1 unspecified atom stereocenters. The molecule has 2 amide bonds. The lowest BCUT2D eigenvalue weighted by atomic mass is 9.84. The van der Waals surface area contributed by atoms with E-state index in [1.165, 1.54) is 0 Å². The second kappa shape index (κ2) is 14.9. The van der Waals surface area contributed by atoms with Crippen molar-refractivity contribution >= 4 is 17.8 Å². The van der Waals surface area contributed by atoms with Crippen LogP contribution in [0.4, 0.5) is 0 Å². The lowest BCUT2D eigenvalue weighted by Crippen LogP contribution is -2.46. The number of hydrogen-bond donors (Lipinski definition) is 1. The molecule has 0 spiro atoms. The van der Waals surface area contributed by atoms with Crippen LogP contribution in [0.25, 0.3) is 0 Å². The molecule has 0 aliphatic carbocycles. The van der Waals surface area contributed by atoms with Crippen molar-refractivity contribution in [2.24, 2.45) is 5.92 Å². The Morgan fingerprint density at radius 1 is 1.12 bits per heavy atom. The van der Waals surface area contributed by atoms with E-state index in [0.29, 0.717) is 62.8 Å². The molecule has 1 aromatic rings. The highest BCUT2D eigenvalue weighted by Crippen LogP contribution is 2.47. The Bertz CT molecular complexity index is 1100. The Labute approximate surface area is 249 Å². The number of rotatable bonds is 15. The van der Waals surface area contributed by atoms with Crippen molar-refractivity contribution < 1.29 is 33.7 Å². The summed E-state index contributed by atoms with van der Waals surface area (Å²) in [7, 11) is 5.60. The minimum Gasteiger partial charge on any atom is -0.493 e. The molecule has 1 aromatic carbocycles. The van der Waals surface area contributed by atoms with E-state index in [0.717, 1.165) is 44.2 Å². The summed E-state index contributed by atoms with van der Waals surface area (Å²) in [5, 5.41) is 10.6. The molecule has 1 N–H and O–H groups in total. The molecule has 42 heavy (non-hydrogen) atoms. The highest BCUT2D eigenvalue weighted by molar-refractivity contribution is 5.79. The summed E-state index contributed by atoms with van der Waals surface area (Å²) in [6.45, 7) is 6.17. The van der Waals surface area contributed by atoms with E-state index >= 15 is 0 Å². The Kier molecular flexibility index (Phi) is 11.3. The Morgan fingerprint density at radius 3 is 2.60 bits per heavy atom. The third-order valence-electron chi connectivity index (χ3n) is 8.76. The van der Waals surface area contributed by atoms with Crippen LogP contribution in [0, 0.1) is 5.92 Å². The number of methoxy groups -OCH3 is 1. The van der Waals surface area contributed by atoms with E-state index in [4.69, 9.17) is 14.2 Å². The zero-order valence-electron chi connectivity index (χ0n) is 25.7. The van der Waals surface area contributed by atoms with Crippen LogP contribution in [0.1, 0.15) is 63.4 Å². The number of unbranched alkanes of at least 4 members (excludes halogenated alkanes) is 1. The van der Waals surface area contributed by atoms with Crippen LogP contribution >= 0.6 is 0 Å². The first-order valence-electron chi connectivity index (χ1n) is 15.4. The predicted molar refractivity (Wildman–Crippen MR) is 158 cm³/mol. The third kappa shape index (κ3) is 7.66. The number of benzene rings is 1. The van der Waals surface area contributed by atoms with Crippen LogP contribution in [-0.2, 0) is 14.4 Å². The Hall–Kier alpha value is -3.05. The molecule has 2 fully saturated rings. The third-order valence-corrected chi connectivity index (χ3v) is 8.76. The zero-order valence-corrected chi connectivity index (χ0v) is 25.7. The quantitative estimate of drug-likeness (QED) is 0.331. The van der Waals surface area contributed by atoms with Gasteiger partial charge in [0.1, 0.15) is 0 Å². The van der Waals surface area contributed by atoms with Gasteiger partial charge in [0, 0.05) is 51.1 Å². The number of fused-ring (bicyclic) bond motifs is 1. The van der Waals surface area contributed by atoms with Gasteiger partial charge in [0.25, 0.3) is 0 Å². The van der Waals surface area contributed by atoms with Crippen molar-refractivity contribution in [2.75, 3.05) is 73.8 Å². The topological polar surface area (TPSA) is 112 Å². The van der Waals surface area contributed by atoms with Crippen LogP contribution in [0.2, 0.25) is 0 Å². The largest absolute Gasteiger partial charge is 0.493 e. The summed E-state index contributed by atoms with van der Waals surface area (Å²) < 4.78 is 16.8. The van der Waals surface area contributed by atoms with Gasteiger partial charge in [0.2, 0.25) is 24.4 Å². The first-order valence-corrected chi connectivity index (χ1v) is 15.4. The Balaban J connectivity index is 1.60. The van der Waals surface area contributed by atoms with Crippen LogP contribution in [0.15, 0.2) is 12.1 Å². The van der Waals surface area contributed by atoms with Crippen LogP contribution in [-0.4, -0.2) is 122 Å². The predicted octanol–water partition coefficient (Wildman–Crippen LogP) is 2.88. The summed E-state index contributed by atoms with van der Waals surface area (Å²) >= 11 is 0. The Morgan fingerprint density at radius 2 is 1.90 bits per heavy atom. The number of amides is 2. The number of aliphatic carboxylic acids is 1. The number of hydrogen-bond acceptors (Lipinski definition) is 8. The molecule has 4 rings (SSSR count). The number of carbonyl (C=O) groups excluding carboxylic acids is 2. The molecule has 234 valence electrons. The van der Waals surface area contributed by atoms with Gasteiger partial charge < -0.3 is 34.0 Å². The van der Waals surface area contributed by atoms with E-state index in [2.05, 4.69) is 11.8 Å². The van der Waals surface area contributed by atoms with Crippen molar-refractivity contribution in [3.63, 3.8) is 0 Å². The molecule has 0 bridgehead atoms. The van der Waals surface area contributed by atoms with Gasteiger partial charge in [-0.05, 0) is 70.4 Å². The maximum absolute atomic E-state index is 13.8. The van der Waals surface area contributed by atoms with E-state index < -0.39 is 23.8 Å². The molecule has 3 aliphatic rings. The number of ether oxygens (including phenoxy) is 3. The lowest BCUT2D eigenvalue weighted by Gasteiger charge is -2.32. The van der Waals surface area contributed by atoms with Crippen molar-refractivity contribution in [1.82, 2.24) is 19.6 Å². The SMILES string of the molecule is CCCCN(CCCN(C)C)C(=O)CN1C[C@H](c2cc(OC)c3c(c2)OCO3)C(C(=O)O)[C@@H]1CCN1CCCCC1=O. The minimum absolute atomic E-state index is 0.0225. The monoisotopic (exact) mass is 588 g/mol. The normalized spacial score (nSPS) is 22.2. The average Bonchev–Trinajstić information content (AvgIpc) is 3.58. The molecule has 2 saturated heterocycles. The summed E-state index contributed by atoms with van der Waals surface area (Å²) in [5.74, 6) is -0.366. The van der Waals surface area contributed by atoms with Crippen LogP contribution in [0.5, 0.6) is 17.2 Å². The maximum Gasteiger partial charge on any atom is 0.308 e. The van der Waals surface area contributed by atoms with Gasteiger partial charge in [-0.25, -0.2) is 0 Å². The van der Waals surface area contributed by atoms with Gasteiger partial charge in [0.15, 0.2) is 11.5 Å². The standard InChI is InChI=1S/C31H48N4O7/c1-5-6-13-33(15-9-12-32(2)3)28(37)20-35-19-23(22-17-25(40-4)30-26(18-22)41-21-42-30)29(31(38)39)24(35)11-16-34-14-8-7-10-27(34)36/h17-18,23-24,29H,5-16,19-21H2,1-4H3,(H,38,39)/t23-,24+,29?/m1/s1. The molecular formula is C31H48N4O7. The smallest absolute Gasteiger partial charge is 0.308 e. The van der Waals surface area contributed by atoms with Gasteiger partial charge in [-0.15, -0.1) is 0 Å². The van der Waals surface area contributed by atoms with Crippen molar-refractivity contribution in [1.29, 1.82) is 0 Å². The molecule has 0 saturated carbocycles. The first-order chi connectivity index (χ1) is 20.2. The molecule has 11 heteroatoms. The van der Waals surface area contributed by atoms with Crippen LogP contribution < -0.4 is 14.2 Å². The summed E-state index contributed by atoms with van der Waals surface area (Å²) in [4.78, 5) is 47.2. The molecule has 0 aromatic heterocycles. The van der Waals surface area contributed by atoms with E-state index in [1.54, 1.807) is 7.11 Å². The minimum atomic E-state index is -0.907. The van der Waals surface area contributed by atoms with Crippen LogP contribution in [0.3, 0.4) is 0 Å². The molecule has 0 radical (unpaired) electrons. The molecule has 3 atom stereocenters. The summed E-state index contributed by atoms with van der Waals surface area (Å²) in [6.07, 6.45) is 5.67. The zero-order chi connectivity index (χ0) is 30.2. The maximum atomic E-state index is 13.8. The van der Waals surface area contributed by atoms with Gasteiger partial charge in [0.05, 0.1) is 19.6 Å². The molecule has 3 heterocycles. The molecule has 11 nitrogen and oxygen atoms in total. The highest BCUT2D eigenvalue weighted by Gasteiger charge is 2.48. The number of carbonyl (C=O) groups is 3. The number of nitrogens with zero attached hydrogens (tertiary/aromatic N) is 4. The number of likely N-dealkylation sites (tertiary alicyclic amines) is 2. The second-order valence-corrected chi connectivity index (χ2v) is 11.9.